The lowest BCUT2D eigenvalue weighted by atomic mass is 10.2. The summed E-state index contributed by atoms with van der Waals surface area (Å²) in [5.41, 5.74) is 2.09. The van der Waals surface area contributed by atoms with Gasteiger partial charge in [0.1, 0.15) is 0 Å². The highest BCUT2D eigenvalue weighted by Crippen LogP contribution is 2.33. The Kier molecular flexibility index (Phi) is 5.41. The fourth-order valence-corrected chi connectivity index (χ4v) is 6.61. The molecular formula is C18H18ClNO3S2. The van der Waals surface area contributed by atoms with Crippen LogP contribution in [0.5, 0.6) is 0 Å². The number of hydrogen-bond donors (Lipinski definition) is 1. The van der Waals surface area contributed by atoms with Crippen LogP contribution in [0.25, 0.3) is 0 Å². The second-order valence-electron chi connectivity index (χ2n) is 6.08. The monoisotopic (exact) mass is 395 g/mol. The molecule has 132 valence electrons. The van der Waals surface area contributed by atoms with Gasteiger partial charge in [-0.2, -0.15) is 0 Å². The zero-order chi connectivity index (χ0) is 18.0. The standard InChI is InChI=1S/C18H18ClNO3S2/c1-12-6-7-16(15(19)10-12)20-18(21)14-4-2-3-5-17(14)24-13-8-9-25(22,23)11-13/h2-7,10,13H,8-9,11H2,1H3,(H,20,21)/t13-/m1/s1. The minimum absolute atomic E-state index is 0.0121. The molecule has 2 aromatic rings. The van der Waals surface area contributed by atoms with Gasteiger partial charge in [-0.05, 0) is 43.2 Å². The normalized spacial score (nSPS) is 18.9. The Labute approximate surface area is 156 Å². The molecule has 4 nitrogen and oxygen atoms in total. The molecule has 1 fully saturated rings. The zero-order valence-corrected chi connectivity index (χ0v) is 16.0. The second kappa shape index (κ2) is 7.40. The van der Waals surface area contributed by atoms with Gasteiger partial charge in [0.2, 0.25) is 0 Å². The third kappa shape index (κ3) is 4.57. The summed E-state index contributed by atoms with van der Waals surface area (Å²) < 4.78 is 23.3. The summed E-state index contributed by atoms with van der Waals surface area (Å²) in [7, 11) is -2.95. The maximum absolute atomic E-state index is 12.7. The number of hydrogen-bond acceptors (Lipinski definition) is 4. The number of sulfone groups is 1. The van der Waals surface area contributed by atoms with Gasteiger partial charge in [0.25, 0.3) is 5.91 Å². The van der Waals surface area contributed by atoms with Gasteiger partial charge in [-0.25, -0.2) is 8.42 Å². The van der Waals surface area contributed by atoms with E-state index in [9.17, 15) is 13.2 Å². The molecule has 1 saturated heterocycles. The molecule has 7 heteroatoms. The molecule has 0 bridgehead atoms. The highest BCUT2D eigenvalue weighted by atomic mass is 35.5. The molecule has 1 N–H and O–H groups in total. The number of carbonyl (C=O) groups excluding carboxylic acids is 1. The first kappa shape index (κ1) is 18.3. The maximum atomic E-state index is 12.7. The van der Waals surface area contributed by atoms with Gasteiger partial charge < -0.3 is 5.32 Å². The van der Waals surface area contributed by atoms with Crippen molar-refractivity contribution >= 4 is 44.8 Å². The predicted molar refractivity (Wildman–Crippen MR) is 104 cm³/mol. The quantitative estimate of drug-likeness (QED) is 0.843. The second-order valence-corrected chi connectivity index (χ2v) is 10.1. The average molecular weight is 396 g/mol. The van der Waals surface area contributed by atoms with Crippen molar-refractivity contribution in [3.05, 3.63) is 58.6 Å². The van der Waals surface area contributed by atoms with Crippen LogP contribution in [0, 0.1) is 6.92 Å². The molecule has 0 aliphatic carbocycles. The summed E-state index contributed by atoms with van der Waals surface area (Å²) in [5.74, 6) is 0.129. The Bertz CT molecular complexity index is 912. The molecular weight excluding hydrogens is 378 g/mol. The first-order chi connectivity index (χ1) is 11.8. The number of rotatable bonds is 4. The summed E-state index contributed by atoms with van der Waals surface area (Å²) in [6.45, 7) is 1.93. The zero-order valence-electron chi connectivity index (χ0n) is 13.7. The van der Waals surface area contributed by atoms with Crippen LogP contribution in [0.3, 0.4) is 0 Å². The maximum Gasteiger partial charge on any atom is 0.256 e. The molecule has 0 spiro atoms. The highest BCUT2D eigenvalue weighted by Gasteiger charge is 2.29. The summed E-state index contributed by atoms with van der Waals surface area (Å²) in [5, 5.41) is 3.31. The lowest BCUT2D eigenvalue weighted by Gasteiger charge is -2.13. The number of benzene rings is 2. The Morgan fingerprint density at radius 3 is 2.68 bits per heavy atom. The number of halogens is 1. The molecule has 25 heavy (non-hydrogen) atoms. The van der Waals surface area contributed by atoms with Crippen molar-refractivity contribution in [1.82, 2.24) is 0 Å². The number of anilines is 1. The molecule has 1 aliphatic rings. The minimum Gasteiger partial charge on any atom is -0.321 e. The molecule has 1 aliphatic heterocycles. The van der Waals surface area contributed by atoms with Crippen molar-refractivity contribution in [2.24, 2.45) is 0 Å². The van der Waals surface area contributed by atoms with Gasteiger partial charge in [-0.1, -0.05) is 29.8 Å². The van der Waals surface area contributed by atoms with E-state index in [1.807, 2.05) is 25.1 Å². The van der Waals surface area contributed by atoms with Crippen LogP contribution in [0.4, 0.5) is 5.69 Å². The molecule has 3 rings (SSSR count). The van der Waals surface area contributed by atoms with Crippen LogP contribution in [-0.4, -0.2) is 31.1 Å². The van der Waals surface area contributed by atoms with Gasteiger partial charge in [-0.15, -0.1) is 11.8 Å². The molecule has 1 atom stereocenters. The van der Waals surface area contributed by atoms with Crippen molar-refractivity contribution in [3.63, 3.8) is 0 Å². The Balaban J connectivity index is 1.79. The number of amides is 1. The summed E-state index contributed by atoms with van der Waals surface area (Å²) >= 11 is 7.64. The molecule has 0 unspecified atom stereocenters. The fraction of sp³-hybridized carbons (Fsp3) is 0.278. The van der Waals surface area contributed by atoms with E-state index in [0.717, 1.165) is 10.5 Å². The largest absolute Gasteiger partial charge is 0.321 e. The third-order valence-electron chi connectivity index (χ3n) is 3.99. The van der Waals surface area contributed by atoms with Crippen molar-refractivity contribution in [3.8, 4) is 0 Å². The van der Waals surface area contributed by atoms with Crippen LogP contribution in [-0.2, 0) is 9.84 Å². The summed E-state index contributed by atoms with van der Waals surface area (Å²) in [4.78, 5) is 13.5. The van der Waals surface area contributed by atoms with Crippen LogP contribution in [0.1, 0.15) is 22.3 Å². The number of aryl methyl sites for hydroxylation is 1. The average Bonchev–Trinajstić information content (AvgIpc) is 2.89. The lowest BCUT2D eigenvalue weighted by Crippen LogP contribution is -2.14. The van der Waals surface area contributed by atoms with Crippen molar-refractivity contribution in [2.45, 2.75) is 23.5 Å². The van der Waals surface area contributed by atoms with Crippen LogP contribution in [0.15, 0.2) is 47.4 Å². The van der Waals surface area contributed by atoms with Crippen molar-refractivity contribution in [2.75, 3.05) is 16.8 Å². The van der Waals surface area contributed by atoms with E-state index >= 15 is 0 Å². The molecule has 1 heterocycles. The van der Waals surface area contributed by atoms with Gasteiger partial charge in [0, 0.05) is 10.1 Å². The van der Waals surface area contributed by atoms with Crippen LogP contribution in [0.2, 0.25) is 5.02 Å². The summed E-state index contributed by atoms with van der Waals surface area (Å²) in [6, 6.07) is 12.7. The first-order valence-corrected chi connectivity index (χ1v) is 11.0. The van der Waals surface area contributed by atoms with E-state index in [4.69, 9.17) is 11.6 Å². The van der Waals surface area contributed by atoms with Crippen LogP contribution >= 0.6 is 23.4 Å². The van der Waals surface area contributed by atoms with E-state index in [0.29, 0.717) is 22.7 Å². The van der Waals surface area contributed by atoms with Gasteiger partial charge in [0.05, 0.1) is 27.8 Å². The van der Waals surface area contributed by atoms with E-state index in [1.165, 1.54) is 11.8 Å². The van der Waals surface area contributed by atoms with Gasteiger partial charge >= 0.3 is 0 Å². The Morgan fingerprint density at radius 1 is 1.24 bits per heavy atom. The Hall–Kier alpha value is -1.50. The fourth-order valence-electron chi connectivity index (χ4n) is 2.70. The smallest absolute Gasteiger partial charge is 0.256 e. The van der Waals surface area contributed by atoms with Gasteiger partial charge in [-0.3, -0.25) is 4.79 Å². The number of carbonyl (C=O) groups is 1. The summed E-state index contributed by atoms with van der Waals surface area (Å²) in [6.07, 6.45) is 0.618. The molecule has 2 aromatic carbocycles. The van der Waals surface area contributed by atoms with Crippen molar-refractivity contribution < 1.29 is 13.2 Å². The lowest BCUT2D eigenvalue weighted by molar-refractivity contribution is 0.102. The van der Waals surface area contributed by atoms with E-state index in [1.54, 1.807) is 24.3 Å². The minimum atomic E-state index is -2.95. The third-order valence-corrected chi connectivity index (χ3v) is 7.63. The van der Waals surface area contributed by atoms with Gasteiger partial charge in [0.15, 0.2) is 9.84 Å². The predicted octanol–water partition coefficient (Wildman–Crippen LogP) is 4.18. The number of nitrogens with one attached hydrogen (secondary N) is 1. The highest BCUT2D eigenvalue weighted by molar-refractivity contribution is 8.02. The van der Waals surface area contributed by atoms with Crippen molar-refractivity contribution in [1.29, 1.82) is 0 Å². The van der Waals surface area contributed by atoms with E-state index in [-0.39, 0.29) is 22.7 Å². The topological polar surface area (TPSA) is 63.2 Å². The van der Waals surface area contributed by atoms with E-state index in [2.05, 4.69) is 5.32 Å². The molecule has 0 aromatic heterocycles. The van der Waals surface area contributed by atoms with Crippen LogP contribution < -0.4 is 5.32 Å². The van der Waals surface area contributed by atoms with E-state index < -0.39 is 9.84 Å². The Morgan fingerprint density at radius 2 is 2.00 bits per heavy atom. The molecule has 0 saturated carbocycles. The number of thioether (sulfide) groups is 1. The first-order valence-electron chi connectivity index (χ1n) is 7.88. The molecule has 1 amide bonds. The SMILES string of the molecule is Cc1ccc(NC(=O)c2ccccc2S[C@@H]2CCS(=O)(=O)C2)c(Cl)c1. The molecule has 0 radical (unpaired) electrons.